The van der Waals surface area contributed by atoms with E-state index in [2.05, 4.69) is 0 Å². The summed E-state index contributed by atoms with van der Waals surface area (Å²) in [7, 11) is 0. The number of benzene rings is 2. The van der Waals surface area contributed by atoms with Gasteiger partial charge in [0, 0.05) is 36.8 Å². The fraction of sp³-hybridized carbons (Fsp3) is 0.278. The fourth-order valence-electron chi connectivity index (χ4n) is 3.16. The number of non-ortho nitro benzene ring substituents is 1. The molecule has 2 aromatic rings. The average molecular weight is 412 g/mol. The molecule has 142 valence electrons. The van der Waals surface area contributed by atoms with E-state index in [0.29, 0.717) is 30.2 Å². The highest BCUT2D eigenvalue weighted by Crippen LogP contribution is 2.28. The Morgan fingerprint density at radius 1 is 1.22 bits per heavy atom. The first-order valence-corrected chi connectivity index (χ1v) is 8.98. The second-order valence-corrected chi connectivity index (χ2v) is 7.15. The summed E-state index contributed by atoms with van der Waals surface area (Å²) in [4.78, 5) is 26.4. The van der Waals surface area contributed by atoms with Crippen LogP contribution in [0.2, 0.25) is 10.0 Å². The Balaban J connectivity index is 1.76. The van der Waals surface area contributed by atoms with E-state index in [1.54, 1.807) is 21.9 Å². The number of nitro benzene ring substituents is 1. The van der Waals surface area contributed by atoms with E-state index < -0.39 is 10.7 Å². The van der Waals surface area contributed by atoms with Crippen molar-refractivity contribution in [2.24, 2.45) is 0 Å². The van der Waals surface area contributed by atoms with Gasteiger partial charge in [-0.3, -0.25) is 14.9 Å². The molecule has 1 saturated heterocycles. The van der Waals surface area contributed by atoms with Gasteiger partial charge in [-0.25, -0.2) is 4.39 Å². The monoisotopic (exact) mass is 411 g/mol. The van der Waals surface area contributed by atoms with Gasteiger partial charge in [0.2, 0.25) is 0 Å². The largest absolute Gasteiger partial charge is 0.365 e. The maximum Gasteiger partial charge on any atom is 0.272 e. The first-order valence-electron chi connectivity index (χ1n) is 8.23. The topological polar surface area (TPSA) is 66.7 Å². The molecule has 1 aliphatic rings. The van der Waals surface area contributed by atoms with Gasteiger partial charge in [-0.15, -0.1) is 0 Å². The summed E-state index contributed by atoms with van der Waals surface area (Å²) in [5, 5.41) is 11.5. The highest BCUT2D eigenvalue weighted by atomic mass is 35.5. The highest BCUT2D eigenvalue weighted by Gasteiger charge is 2.30. The summed E-state index contributed by atoms with van der Waals surface area (Å²) in [5.74, 6) is -0.870. The highest BCUT2D eigenvalue weighted by molar-refractivity contribution is 6.36. The molecule has 0 aromatic heterocycles. The van der Waals surface area contributed by atoms with E-state index in [4.69, 9.17) is 23.2 Å². The number of nitro groups is 1. The molecule has 27 heavy (non-hydrogen) atoms. The minimum atomic E-state index is -0.656. The minimum absolute atomic E-state index is 0.201. The van der Waals surface area contributed by atoms with Crippen LogP contribution in [0.25, 0.3) is 0 Å². The van der Waals surface area contributed by atoms with Crippen LogP contribution in [0.15, 0.2) is 36.4 Å². The molecular formula is C18H16Cl2FN3O3. The maximum absolute atomic E-state index is 14.3. The van der Waals surface area contributed by atoms with Crippen molar-refractivity contribution in [3.8, 4) is 0 Å². The first kappa shape index (κ1) is 19.4. The molecule has 3 rings (SSSR count). The van der Waals surface area contributed by atoms with Crippen molar-refractivity contribution in [2.45, 2.75) is 13.0 Å². The molecule has 0 saturated carbocycles. The number of nitrogens with zero attached hydrogens (tertiary/aromatic N) is 3. The van der Waals surface area contributed by atoms with Crippen molar-refractivity contribution >= 4 is 40.5 Å². The maximum atomic E-state index is 14.3. The number of piperazine rings is 1. The van der Waals surface area contributed by atoms with Crippen molar-refractivity contribution in [3.05, 3.63) is 67.9 Å². The molecule has 6 nitrogen and oxygen atoms in total. The molecule has 0 spiro atoms. The molecule has 2 aromatic carbocycles. The number of amides is 1. The Morgan fingerprint density at radius 2 is 1.96 bits per heavy atom. The number of hydrogen-bond acceptors (Lipinski definition) is 4. The van der Waals surface area contributed by atoms with E-state index in [9.17, 15) is 19.3 Å². The first-order chi connectivity index (χ1) is 12.8. The third-order valence-electron chi connectivity index (χ3n) is 4.53. The zero-order valence-corrected chi connectivity index (χ0v) is 15.9. The molecule has 1 aliphatic heterocycles. The van der Waals surface area contributed by atoms with E-state index in [1.807, 2.05) is 6.92 Å². The van der Waals surface area contributed by atoms with Gasteiger partial charge in [0.1, 0.15) is 0 Å². The van der Waals surface area contributed by atoms with E-state index in [-0.39, 0.29) is 28.3 Å². The normalized spacial score (nSPS) is 17.1. The van der Waals surface area contributed by atoms with Crippen LogP contribution < -0.4 is 4.90 Å². The lowest BCUT2D eigenvalue weighted by molar-refractivity contribution is -0.385. The Hall–Kier alpha value is -2.38. The van der Waals surface area contributed by atoms with Crippen molar-refractivity contribution in [2.75, 3.05) is 24.5 Å². The van der Waals surface area contributed by atoms with Crippen LogP contribution in [0, 0.1) is 15.9 Å². The van der Waals surface area contributed by atoms with Crippen LogP contribution in [-0.2, 0) is 0 Å². The fourth-order valence-corrected chi connectivity index (χ4v) is 3.65. The molecule has 0 unspecified atom stereocenters. The number of carbonyl (C=O) groups is 1. The van der Waals surface area contributed by atoms with Gasteiger partial charge in [0.05, 0.1) is 27.3 Å². The Labute approximate surface area is 165 Å². The predicted octanol–water partition coefficient (Wildman–Crippen LogP) is 4.39. The summed E-state index contributed by atoms with van der Waals surface area (Å²) in [6, 6.07) is 8.08. The van der Waals surface area contributed by atoms with E-state index >= 15 is 0 Å². The summed E-state index contributed by atoms with van der Waals surface area (Å²) < 4.78 is 14.3. The lowest BCUT2D eigenvalue weighted by atomic mass is 10.1. The molecular weight excluding hydrogens is 396 g/mol. The van der Waals surface area contributed by atoms with Crippen LogP contribution in [0.4, 0.5) is 15.8 Å². The van der Waals surface area contributed by atoms with Gasteiger partial charge in [-0.2, -0.15) is 0 Å². The van der Waals surface area contributed by atoms with Crippen molar-refractivity contribution < 1.29 is 14.1 Å². The minimum Gasteiger partial charge on any atom is -0.365 e. The van der Waals surface area contributed by atoms with Crippen molar-refractivity contribution in [1.82, 2.24) is 4.90 Å². The van der Waals surface area contributed by atoms with Crippen molar-refractivity contribution in [1.29, 1.82) is 0 Å². The molecule has 1 heterocycles. The molecule has 0 aliphatic carbocycles. The third-order valence-corrected chi connectivity index (χ3v) is 5.08. The van der Waals surface area contributed by atoms with Gasteiger partial charge < -0.3 is 9.80 Å². The molecule has 1 atom stereocenters. The SMILES string of the molecule is C[C@@H]1CN(c2ccc([N+](=O)[O-])cc2F)CCN1C(=O)c1ccc(Cl)cc1Cl. The molecule has 0 radical (unpaired) electrons. The molecule has 1 amide bonds. The number of rotatable bonds is 3. The van der Waals surface area contributed by atoms with Crippen molar-refractivity contribution in [3.63, 3.8) is 0 Å². The summed E-state index contributed by atoms with van der Waals surface area (Å²) in [5.41, 5.74) is 0.349. The van der Waals surface area contributed by atoms with Gasteiger partial charge >= 0.3 is 0 Å². The number of hydrogen-bond donors (Lipinski definition) is 0. The quantitative estimate of drug-likeness (QED) is 0.554. The van der Waals surface area contributed by atoms with E-state index in [1.165, 1.54) is 18.2 Å². The lowest BCUT2D eigenvalue weighted by Gasteiger charge is -2.41. The second-order valence-electron chi connectivity index (χ2n) is 6.31. The lowest BCUT2D eigenvalue weighted by Crippen LogP contribution is -2.54. The van der Waals surface area contributed by atoms with Gasteiger partial charge in [-0.05, 0) is 31.2 Å². The van der Waals surface area contributed by atoms with Gasteiger partial charge in [0.15, 0.2) is 5.82 Å². The Kier molecular flexibility index (Phi) is 5.53. The summed E-state index contributed by atoms with van der Waals surface area (Å²) >= 11 is 12.0. The Bertz CT molecular complexity index is 909. The second kappa shape index (κ2) is 7.70. The average Bonchev–Trinajstić information content (AvgIpc) is 2.61. The van der Waals surface area contributed by atoms with Crippen LogP contribution in [-0.4, -0.2) is 41.4 Å². The van der Waals surface area contributed by atoms with Crippen LogP contribution in [0.1, 0.15) is 17.3 Å². The van der Waals surface area contributed by atoms with Gasteiger partial charge in [0.25, 0.3) is 11.6 Å². The molecule has 0 N–H and O–H groups in total. The van der Waals surface area contributed by atoms with Crippen LogP contribution in [0.5, 0.6) is 0 Å². The number of anilines is 1. The molecule has 1 fully saturated rings. The van der Waals surface area contributed by atoms with Crippen LogP contribution >= 0.6 is 23.2 Å². The molecule has 0 bridgehead atoms. The standard InChI is InChI=1S/C18H16Cl2FN3O3/c1-11-10-22(17-5-3-13(24(26)27)9-16(17)21)6-7-23(11)18(25)14-4-2-12(19)8-15(14)20/h2-5,8-9,11H,6-7,10H2,1H3/t11-/m1/s1. The van der Waals surface area contributed by atoms with Crippen LogP contribution in [0.3, 0.4) is 0 Å². The number of halogens is 3. The van der Waals surface area contributed by atoms with E-state index in [0.717, 1.165) is 6.07 Å². The number of carbonyl (C=O) groups excluding carboxylic acids is 1. The van der Waals surface area contributed by atoms with Gasteiger partial charge in [-0.1, -0.05) is 23.2 Å². The summed E-state index contributed by atoms with van der Waals surface area (Å²) in [6.45, 7) is 3.02. The summed E-state index contributed by atoms with van der Waals surface area (Å²) in [6.07, 6.45) is 0. The smallest absolute Gasteiger partial charge is 0.272 e. The third kappa shape index (κ3) is 3.99. The zero-order valence-electron chi connectivity index (χ0n) is 14.4. The molecule has 9 heteroatoms. The Morgan fingerprint density at radius 3 is 2.56 bits per heavy atom. The zero-order chi connectivity index (χ0) is 19.7. The predicted molar refractivity (Wildman–Crippen MR) is 102 cm³/mol.